The van der Waals surface area contributed by atoms with Crippen LogP contribution in [0.25, 0.3) is 0 Å². The summed E-state index contributed by atoms with van der Waals surface area (Å²) in [5.74, 6) is 1.45. The van der Waals surface area contributed by atoms with Crippen molar-refractivity contribution >= 4 is 21.8 Å². The second-order valence-electron chi connectivity index (χ2n) is 5.67. The van der Waals surface area contributed by atoms with Crippen LogP contribution in [0.15, 0.2) is 46.9 Å². The van der Waals surface area contributed by atoms with Gasteiger partial charge in [0.05, 0.1) is 11.6 Å². The highest BCUT2D eigenvalue weighted by Crippen LogP contribution is 2.26. The first kappa shape index (κ1) is 19.3. The highest BCUT2D eigenvalue weighted by Gasteiger charge is 2.07. The number of methoxy groups -OCH3 is 1. The Balaban J connectivity index is 1.70. The third kappa shape index (κ3) is 6.09. The molecule has 2 rings (SSSR count). The summed E-state index contributed by atoms with van der Waals surface area (Å²) >= 11 is 3.47. The molecule has 5 heteroatoms. The lowest BCUT2D eigenvalue weighted by atomic mass is 10.1. The lowest BCUT2D eigenvalue weighted by Crippen LogP contribution is -2.30. The molecule has 0 radical (unpaired) electrons. The molecule has 4 nitrogen and oxygen atoms in total. The average Bonchev–Trinajstić information content (AvgIpc) is 2.64. The number of ether oxygens (including phenoxy) is 2. The minimum absolute atomic E-state index is 0.0126. The van der Waals surface area contributed by atoms with Gasteiger partial charge in [0.15, 0.2) is 6.61 Å². The molecule has 134 valence electrons. The standard InChI is InChI=1S/C20H24BrNO3/c1-3-15-10-11-19(17(21)13-15)25-14-20(23)22-12-6-8-16-7-4-5-9-18(16)24-2/h4-5,7,9-11,13H,3,6,8,12,14H2,1-2H3,(H,22,23). The summed E-state index contributed by atoms with van der Waals surface area (Å²) in [4.78, 5) is 11.9. The fraction of sp³-hybridized carbons (Fsp3) is 0.350. The Morgan fingerprint density at radius 3 is 2.68 bits per heavy atom. The minimum atomic E-state index is -0.119. The number of carbonyl (C=O) groups excluding carboxylic acids is 1. The maximum Gasteiger partial charge on any atom is 0.257 e. The van der Waals surface area contributed by atoms with Crippen LogP contribution in [-0.2, 0) is 17.6 Å². The predicted molar refractivity (Wildman–Crippen MR) is 103 cm³/mol. The molecule has 25 heavy (non-hydrogen) atoms. The Kier molecular flexibility index (Phi) is 7.79. The summed E-state index contributed by atoms with van der Waals surface area (Å²) in [6.45, 7) is 2.72. The molecule has 0 aliphatic heterocycles. The van der Waals surface area contributed by atoms with Crippen LogP contribution in [-0.4, -0.2) is 26.2 Å². The molecule has 1 amide bonds. The van der Waals surface area contributed by atoms with E-state index in [-0.39, 0.29) is 12.5 Å². The van der Waals surface area contributed by atoms with Crippen molar-refractivity contribution < 1.29 is 14.3 Å². The third-order valence-corrected chi connectivity index (χ3v) is 4.52. The van der Waals surface area contributed by atoms with Gasteiger partial charge >= 0.3 is 0 Å². The zero-order valence-electron chi connectivity index (χ0n) is 14.7. The molecule has 1 N–H and O–H groups in total. The molecule has 0 aliphatic rings. The number of aryl methyl sites for hydroxylation is 2. The quantitative estimate of drug-likeness (QED) is 0.637. The largest absolute Gasteiger partial charge is 0.496 e. The van der Waals surface area contributed by atoms with E-state index in [1.165, 1.54) is 5.56 Å². The Morgan fingerprint density at radius 1 is 1.16 bits per heavy atom. The van der Waals surface area contributed by atoms with Gasteiger partial charge in [-0.3, -0.25) is 4.79 Å². The van der Waals surface area contributed by atoms with Crippen molar-refractivity contribution in [2.45, 2.75) is 26.2 Å². The molecule has 0 aliphatic carbocycles. The van der Waals surface area contributed by atoms with Gasteiger partial charge in [0, 0.05) is 6.54 Å². The molecule has 0 atom stereocenters. The fourth-order valence-electron chi connectivity index (χ4n) is 2.49. The van der Waals surface area contributed by atoms with Gasteiger partial charge in [0.25, 0.3) is 5.91 Å². The van der Waals surface area contributed by atoms with Gasteiger partial charge in [-0.1, -0.05) is 31.2 Å². The molecule has 2 aromatic carbocycles. The van der Waals surface area contributed by atoms with Gasteiger partial charge in [0.2, 0.25) is 0 Å². The van der Waals surface area contributed by atoms with Gasteiger partial charge in [-0.2, -0.15) is 0 Å². The van der Waals surface area contributed by atoms with Crippen LogP contribution >= 0.6 is 15.9 Å². The summed E-state index contributed by atoms with van der Waals surface area (Å²) in [5.41, 5.74) is 2.37. The summed E-state index contributed by atoms with van der Waals surface area (Å²) < 4.78 is 11.8. The van der Waals surface area contributed by atoms with Crippen molar-refractivity contribution in [1.29, 1.82) is 0 Å². The van der Waals surface area contributed by atoms with Gasteiger partial charge in [-0.25, -0.2) is 0 Å². The molecule has 0 saturated heterocycles. The molecule has 0 heterocycles. The SMILES string of the molecule is CCc1ccc(OCC(=O)NCCCc2ccccc2OC)c(Br)c1. The molecule has 0 bridgehead atoms. The number of amides is 1. The topological polar surface area (TPSA) is 47.6 Å². The molecular weight excluding hydrogens is 382 g/mol. The Bertz CT molecular complexity index is 703. The number of halogens is 1. The Morgan fingerprint density at radius 2 is 1.96 bits per heavy atom. The van der Waals surface area contributed by atoms with Gasteiger partial charge < -0.3 is 14.8 Å². The van der Waals surface area contributed by atoms with Crippen LogP contribution in [0.2, 0.25) is 0 Å². The normalized spacial score (nSPS) is 10.4. The second-order valence-corrected chi connectivity index (χ2v) is 6.53. The van der Waals surface area contributed by atoms with E-state index in [4.69, 9.17) is 9.47 Å². The van der Waals surface area contributed by atoms with Crippen LogP contribution in [0, 0.1) is 0 Å². The lowest BCUT2D eigenvalue weighted by Gasteiger charge is -2.10. The van der Waals surface area contributed by atoms with Crippen molar-refractivity contribution in [1.82, 2.24) is 5.32 Å². The van der Waals surface area contributed by atoms with Crippen molar-refractivity contribution in [2.24, 2.45) is 0 Å². The summed E-state index contributed by atoms with van der Waals surface area (Å²) in [6.07, 6.45) is 2.67. The number of rotatable bonds is 9. The van der Waals surface area contributed by atoms with Gasteiger partial charge in [0.1, 0.15) is 11.5 Å². The molecular formula is C20H24BrNO3. The number of hydrogen-bond acceptors (Lipinski definition) is 3. The Hall–Kier alpha value is -2.01. The fourth-order valence-corrected chi connectivity index (χ4v) is 3.03. The molecule has 0 saturated carbocycles. The van der Waals surface area contributed by atoms with E-state index in [9.17, 15) is 4.79 Å². The van der Waals surface area contributed by atoms with Crippen molar-refractivity contribution in [3.63, 3.8) is 0 Å². The van der Waals surface area contributed by atoms with E-state index in [0.717, 1.165) is 35.0 Å². The van der Waals surface area contributed by atoms with Crippen LogP contribution in [0.4, 0.5) is 0 Å². The second kappa shape index (κ2) is 10.1. The van der Waals surface area contributed by atoms with Crippen LogP contribution in [0.5, 0.6) is 11.5 Å². The van der Waals surface area contributed by atoms with Gasteiger partial charge in [-0.05, 0) is 64.5 Å². The van der Waals surface area contributed by atoms with Crippen molar-refractivity contribution in [3.05, 3.63) is 58.1 Å². The number of nitrogens with one attached hydrogen (secondary N) is 1. The highest BCUT2D eigenvalue weighted by molar-refractivity contribution is 9.10. The van der Waals surface area contributed by atoms with E-state index < -0.39 is 0 Å². The molecule has 2 aromatic rings. The lowest BCUT2D eigenvalue weighted by molar-refractivity contribution is -0.123. The number of carbonyl (C=O) groups is 1. The van der Waals surface area contributed by atoms with Crippen molar-refractivity contribution in [3.8, 4) is 11.5 Å². The van der Waals surface area contributed by atoms with E-state index in [1.54, 1.807) is 7.11 Å². The molecule has 0 spiro atoms. The smallest absolute Gasteiger partial charge is 0.257 e. The third-order valence-electron chi connectivity index (χ3n) is 3.90. The number of benzene rings is 2. The van der Waals surface area contributed by atoms with E-state index >= 15 is 0 Å². The first-order valence-corrected chi connectivity index (χ1v) is 9.23. The first-order valence-electron chi connectivity index (χ1n) is 8.43. The monoisotopic (exact) mass is 405 g/mol. The summed E-state index contributed by atoms with van der Waals surface area (Å²) in [6, 6.07) is 13.8. The summed E-state index contributed by atoms with van der Waals surface area (Å²) in [5, 5.41) is 2.88. The zero-order valence-corrected chi connectivity index (χ0v) is 16.3. The maximum absolute atomic E-state index is 11.9. The van der Waals surface area contributed by atoms with E-state index in [0.29, 0.717) is 12.3 Å². The average molecular weight is 406 g/mol. The minimum Gasteiger partial charge on any atom is -0.496 e. The molecule has 0 unspecified atom stereocenters. The zero-order chi connectivity index (χ0) is 18.1. The summed E-state index contributed by atoms with van der Waals surface area (Å²) in [7, 11) is 1.67. The Labute approximate surface area is 157 Å². The highest BCUT2D eigenvalue weighted by atomic mass is 79.9. The predicted octanol–water partition coefficient (Wildman–Crippen LogP) is 4.15. The van der Waals surface area contributed by atoms with Crippen LogP contribution in [0.1, 0.15) is 24.5 Å². The first-order chi connectivity index (χ1) is 12.1. The van der Waals surface area contributed by atoms with Crippen LogP contribution in [0.3, 0.4) is 0 Å². The maximum atomic E-state index is 11.9. The van der Waals surface area contributed by atoms with Crippen molar-refractivity contribution in [2.75, 3.05) is 20.3 Å². The van der Waals surface area contributed by atoms with E-state index in [2.05, 4.69) is 28.2 Å². The number of para-hydroxylation sites is 1. The van der Waals surface area contributed by atoms with E-state index in [1.807, 2.05) is 42.5 Å². The molecule has 0 fully saturated rings. The molecule has 0 aromatic heterocycles. The number of hydrogen-bond donors (Lipinski definition) is 1. The van der Waals surface area contributed by atoms with Crippen LogP contribution < -0.4 is 14.8 Å². The van der Waals surface area contributed by atoms with Gasteiger partial charge in [-0.15, -0.1) is 0 Å².